The summed E-state index contributed by atoms with van der Waals surface area (Å²) in [7, 11) is 0. The Morgan fingerprint density at radius 1 is 1.12 bits per heavy atom. The summed E-state index contributed by atoms with van der Waals surface area (Å²) >= 11 is 0. The molecule has 0 radical (unpaired) electrons. The monoisotopic (exact) mass is 324 g/mol. The van der Waals surface area contributed by atoms with Crippen LogP contribution in [0.3, 0.4) is 0 Å². The van der Waals surface area contributed by atoms with Crippen molar-refractivity contribution < 1.29 is 9.53 Å². The molecule has 1 heterocycles. The molecule has 126 valence electrons. The highest BCUT2D eigenvalue weighted by Crippen LogP contribution is 2.16. The number of ether oxygens (including phenoxy) is 1. The summed E-state index contributed by atoms with van der Waals surface area (Å²) in [6.07, 6.45) is 1.10. The number of likely N-dealkylation sites (tertiary alicyclic amines) is 1. The molecular formula is C20H24N2O2. The fraction of sp³-hybridized carbons (Fsp3) is 0.350. The van der Waals surface area contributed by atoms with Crippen LogP contribution in [0.4, 0.5) is 4.79 Å². The molecule has 2 amide bonds. The number of hydrogen-bond donors (Lipinski definition) is 1. The normalized spacial score (nSPS) is 16.9. The Morgan fingerprint density at radius 3 is 2.54 bits per heavy atom. The molecule has 1 N–H and O–H groups in total. The fourth-order valence-corrected chi connectivity index (χ4v) is 2.85. The zero-order valence-corrected chi connectivity index (χ0v) is 14.1. The third kappa shape index (κ3) is 4.51. The standard InChI is InChI=1S/C20H24N2O2/c1-16-11-12-22(14-16)20(23)21-13-17-7-9-19(10-8-17)24-15-18-5-3-2-4-6-18/h2-10,16H,11-15H2,1H3,(H,21,23). The minimum atomic E-state index is 0.0313. The van der Waals surface area contributed by atoms with Crippen molar-refractivity contribution in [1.82, 2.24) is 10.2 Å². The van der Waals surface area contributed by atoms with Crippen LogP contribution in [0.25, 0.3) is 0 Å². The maximum absolute atomic E-state index is 12.1. The molecule has 4 nitrogen and oxygen atoms in total. The number of amides is 2. The number of nitrogens with zero attached hydrogens (tertiary/aromatic N) is 1. The second-order valence-electron chi connectivity index (χ2n) is 6.42. The number of benzene rings is 2. The molecule has 0 saturated carbocycles. The molecule has 0 bridgehead atoms. The molecule has 1 saturated heterocycles. The third-order valence-corrected chi connectivity index (χ3v) is 4.33. The average molecular weight is 324 g/mol. The Hall–Kier alpha value is -2.49. The molecule has 0 aliphatic carbocycles. The molecular weight excluding hydrogens is 300 g/mol. The number of nitrogens with one attached hydrogen (secondary N) is 1. The lowest BCUT2D eigenvalue weighted by molar-refractivity contribution is 0.207. The van der Waals surface area contributed by atoms with E-state index in [-0.39, 0.29) is 6.03 Å². The van der Waals surface area contributed by atoms with Crippen molar-refractivity contribution in [2.75, 3.05) is 13.1 Å². The van der Waals surface area contributed by atoms with E-state index in [2.05, 4.69) is 12.2 Å². The fourth-order valence-electron chi connectivity index (χ4n) is 2.85. The quantitative estimate of drug-likeness (QED) is 0.908. The van der Waals surface area contributed by atoms with Crippen molar-refractivity contribution >= 4 is 6.03 Å². The van der Waals surface area contributed by atoms with Crippen LogP contribution >= 0.6 is 0 Å². The number of hydrogen-bond acceptors (Lipinski definition) is 2. The van der Waals surface area contributed by atoms with Gasteiger partial charge in [-0.05, 0) is 35.6 Å². The van der Waals surface area contributed by atoms with Crippen LogP contribution < -0.4 is 10.1 Å². The minimum Gasteiger partial charge on any atom is -0.489 e. The predicted octanol–water partition coefficient (Wildman–Crippen LogP) is 3.82. The minimum absolute atomic E-state index is 0.0313. The number of carbonyl (C=O) groups is 1. The van der Waals surface area contributed by atoms with Crippen molar-refractivity contribution in [3.63, 3.8) is 0 Å². The van der Waals surface area contributed by atoms with Gasteiger partial charge in [-0.3, -0.25) is 0 Å². The second kappa shape index (κ2) is 7.86. The maximum Gasteiger partial charge on any atom is 0.317 e. The Balaban J connectivity index is 1.45. The third-order valence-electron chi connectivity index (χ3n) is 4.33. The van der Waals surface area contributed by atoms with Crippen LogP contribution in [0.15, 0.2) is 54.6 Å². The average Bonchev–Trinajstić information content (AvgIpc) is 3.06. The summed E-state index contributed by atoms with van der Waals surface area (Å²) in [5.74, 6) is 1.44. The van der Waals surface area contributed by atoms with E-state index in [1.165, 1.54) is 0 Å². The van der Waals surface area contributed by atoms with Gasteiger partial charge in [0.1, 0.15) is 12.4 Å². The lowest BCUT2D eigenvalue weighted by Crippen LogP contribution is -2.37. The first-order chi connectivity index (χ1) is 11.7. The van der Waals surface area contributed by atoms with E-state index in [0.29, 0.717) is 19.1 Å². The van der Waals surface area contributed by atoms with E-state index in [9.17, 15) is 4.79 Å². The molecule has 3 rings (SSSR count). The van der Waals surface area contributed by atoms with E-state index in [4.69, 9.17) is 4.74 Å². The number of carbonyl (C=O) groups excluding carboxylic acids is 1. The first-order valence-electron chi connectivity index (χ1n) is 8.49. The van der Waals surface area contributed by atoms with Gasteiger partial charge in [-0.15, -0.1) is 0 Å². The zero-order chi connectivity index (χ0) is 16.8. The van der Waals surface area contributed by atoms with E-state index >= 15 is 0 Å². The van der Waals surface area contributed by atoms with Gasteiger partial charge < -0.3 is 15.0 Å². The molecule has 2 aromatic rings. The van der Waals surface area contributed by atoms with E-state index in [1.54, 1.807) is 0 Å². The Morgan fingerprint density at radius 2 is 1.88 bits per heavy atom. The van der Waals surface area contributed by atoms with Gasteiger partial charge in [-0.1, -0.05) is 49.4 Å². The SMILES string of the molecule is CC1CCN(C(=O)NCc2ccc(OCc3ccccc3)cc2)C1. The van der Waals surface area contributed by atoms with Gasteiger partial charge in [0.05, 0.1) is 0 Å². The maximum atomic E-state index is 12.1. The van der Waals surface area contributed by atoms with Crippen molar-refractivity contribution in [3.8, 4) is 5.75 Å². The summed E-state index contributed by atoms with van der Waals surface area (Å²) in [6, 6.07) is 18.0. The van der Waals surface area contributed by atoms with Crippen molar-refractivity contribution in [2.24, 2.45) is 5.92 Å². The molecule has 1 aliphatic rings. The lowest BCUT2D eigenvalue weighted by atomic mass is 10.2. The van der Waals surface area contributed by atoms with E-state index in [1.807, 2.05) is 59.5 Å². The molecule has 0 spiro atoms. The van der Waals surface area contributed by atoms with Gasteiger partial charge in [-0.2, -0.15) is 0 Å². The Labute approximate surface area is 143 Å². The Kier molecular flexibility index (Phi) is 5.36. The van der Waals surface area contributed by atoms with E-state index < -0.39 is 0 Å². The van der Waals surface area contributed by atoms with Gasteiger partial charge in [0.15, 0.2) is 0 Å². The van der Waals surface area contributed by atoms with Crippen LogP contribution in [0.1, 0.15) is 24.5 Å². The van der Waals surface area contributed by atoms with Crippen LogP contribution in [-0.2, 0) is 13.2 Å². The number of rotatable bonds is 5. The highest BCUT2D eigenvalue weighted by atomic mass is 16.5. The largest absolute Gasteiger partial charge is 0.489 e. The smallest absolute Gasteiger partial charge is 0.317 e. The Bertz CT molecular complexity index is 655. The van der Waals surface area contributed by atoms with Crippen molar-refractivity contribution in [2.45, 2.75) is 26.5 Å². The molecule has 0 aromatic heterocycles. The highest BCUT2D eigenvalue weighted by molar-refractivity contribution is 5.74. The second-order valence-corrected chi connectivity index (χ2v) is 6.42. The molecule has 2 aromatic carbocycles. The molecule has 1 fully saturated rings. The van der Waals surface area contributed by atoms with Gasteiger partial charge >= 0.3 is 6.03 Å². The molecule has 1 unspecified atom stereocenters. The van der Waals surface area contributed by atoms with Crippen LogP contribution in [0.5, 0.6) is 5.75 Å². The first-order valence-corrected chi connectivity index (χ1v) is 8.49. The van der Waals surface area contributed by atoms with Gasteiger partial charge in [0.2, 0.25) is 0 Å². The number of urea groups is 1. The molecule has 24 heavy (non-hydrogen) atoms. The summed E-state index contributed by atoms with van der Waals surface area (Å²) in [5.41, 5.74) is 2.22. The molecule has 1 atom stereocenters. The van der Waals surface area contributed by atoms with Crippen LogP contribution in [-0.4, -0.2) is 24.0 Å². The van der Waals surface area contributed by atoms with Gasteiger partial charge in [0, 0.05) is 19.6 Å². The van der Waals surface area contributed by atoms with Crippen molar-refractivity contribution in [3.05, 3.63) is 65.7 Å². The first kappa shape index (κ1) is 16.4. The predicted molar refractivity (Wildman–Crippen MR) is 94.8 cm³/mol. The summed E-state index contributed by atoms with van der Waals surface area (Å²) in [4.78, 5) is 14.0. The lowest BCUT2D eigenvalue weighted by Gasteiger charge is -2.17. The molecule has 4 heteroatoms. The zero-order valence-electron chi connectivity index (χ0n) is 14.1. The summed E-state index contributed by atoms with van der Waals surface area (Å²) < 4.78 is 5.77. The summed E-state index contributed by atoms with van der Waals surface area (Å²) in [6.45, 7) is 5.01. The van der Waals surface area contributed by atoms with Gasteiger partial charge in [0.25, 0.3) is 0 Å². The topological polar surface area (TPSA) is 41.6 Å². The van der Waals surface area contributed by atoms with Crippen molar-refractivity contribution in [1.29, 1.82) is 0 Å². The van der Waals surface area contributed by atoms with Crippen LogP contribution in [0.2, 0.25) is 0 Å². The summed E-state index contributed by atoms with van der Waals surface area (Å²) in [5, 5.41) is 2.98. The highest BCUT2D eigenvalue weighted by Gasteiger charge is 2.22. The van der Waals surface area contributed by atoms with E-state index in [0.717, 1.165) is 36.4 Å². The van der Waals surface area contributed by atoms with Crippen LogP contribution in [0, 0.1) is 5.92 Å². The molecule has 1 aliphatic heterocycles. The van der Waals surface area contributed by atoms with Gasteiger partial charge in [-0.25, -0.2) is 4.79 Å².